The fourth-order valence-electron chi connectivity index (χ4n) is 2.42. The average molecular weight is 374 g/mol. The number of rotatable bonds is 9. The molecule has 6 heteroatoms. The fourth-order valence-corrected chi connectivity index (χ4v) is 2.72. The maximum atomic E-state index is 12.8. The minimum atomic E-state index is -0.382. The zero-order valence-electron chi connectivity index (χ0n) is 14.5. The Balaban J connectivity index is 2.86. The van der Waals surface area contributed by atoms with Crippen LogP contribution in [-0.2, 0) is 9.53 Å². The summed E-state index contributed by atoms with van der Waals surface area (Å²) in [5.41, 5.74) is 0.469. The number of carbonyl (C=O) groups excluding carboxylic acids is 2. The van der Waals surface area contributed by atoms with Crippen LogP contribution in [0.15, 0.2) is 18.2 Å². The van der Waals surface area contributed by atoms with Gasteiger partial charge in [-0.3, -0.25) is 9.59 Å². The Labute approximate surface area is 154 Å². The predicted octanol–water partition coefficient (Wildman–Crippen LogP) is 4.83. The van der Waals surface area contributed by atoms with Crippen molar-refractivity contribution in [3.8, 4) is 0 Å². The standard InChI is InChI=1S/C18H25Cl2NO3/c1-4-5-6-7-10-21(12-13(2)18(23)24-3)17(22)14-8-9-15(19)16(20)11-14/h8-9,11,13H,4-7,10,12H2,1-3H3. The van der Waals surface area contributed by atoms with Gasteiger partial charge in [-0.1, -0.05) is 56.3 Å². The van der Waals surface area contributed by atoms with Gasteiger partial charge >= 0.3 is 5.97 Å². The van der Waals surface area contributed by atoms with Crippen LogP contribution in [-0.4, -0.2) is 37.0 Å². The number of amides is 1. The molecule has 1 atom stereocenters. The van der Waals surface area contributed by atoms with Gasteiger partial charge in [-0.05, 0) is 24.6 Å². The molecule has 1 aromatic rings. The highest BCUT2D eigenvalue weighted by Gasteiger charge is 2.22. The van der Waals surface area contributed by atoms with Gasteiger partial charge < -0.3 is 9.64 Å². The second-order valence-corrected chi connectivity index (χ2v) is 6.68. The average Bonchev–Trinajstić information content (AvgIpc) is 2.58. The number of benzene rings is 1. The van der Waals surface area contributed by atoms with Crippen LogP contribution in [0.25, 0.3) is 0 Å². The van der Waals surface area contributed by atoms with Crippen molar-refractivity contribution in [3.05, 3.63) is 33.8 Å². The van der Waals surface area contributed by atoms with E-state index in [9.17, 15) is 9.59 Å². The van der Waals surface area contributed by atoms with Crippen LogP contribution in [0.3, 0.4) is 0 Å². The maximum absolute atomic E-state index is 12.8. The van der Waals surface area contributed by atoms with Gasteiger partial charge in [-0.2, -0.15) is 0 Å². The van der Waals surface area contributed by atoms with Crippen LogP contribution < -0.4 is 0 Å². The first-order valence-electron chi connectivity index (χ1n) is 8.22. The van der Waals surface area contributed by atoms with Gasteiger partial charge in [0.25, 0.3) is 5.91 Å². The van der Waals surface area contributed by atoms with E-state index in [4.69, 9.17) is 27.9 Å². The highest BCUT2D eigenvalue weighted by molar-refractivity contribution is 6.42. The van der Waals surface area contributed by atoms with E-state index in [2.05, 4.69) is 6.92 Å². The van der Waals surface area contributed by atoms with Gasteiger partial charge in [0.15, 0.2) is 0 Å². The summed E-state index contributed by atoms with van der Waals surface area (Å²) in [6, 6.07) is 4.82. The van der Waals surface area contributed by atoms with Gasteiger partial charge in [0.2, 0.25) is 0 Å². The molecule has 0 aromatic heterocycles. The number of hydrogen-bond donors (Lipinski definition) is 0. The number of methoxy groups -OCH3 is 1. The quantitative estimate of drug-likeness (QED) is 0.460. The second kappa shape index (κ2) is 10.6. The molecule has 0 spiro atoms. The molecule has 0 fully saturated rings. The Bertz CT molecular complexity index is 563. The molecule has 0 aliphatic carbocycles. The van der Waals surface area contributed by atoms with E-state index in [1.54, 1.807) is 30.0 Å². The summed E-state index contributed by atoms with van der Waals surface area (Å²) in [6.45, 7) is 4.81. The minimum Gasteiger partial charge on any atom is -0.469 e. The van der Waals surface area contributed by atoms with E-state index < -0.39 is 0 Å². The predicted molar refractivity (Wildman–Crippen MR) is 97.7 cm³/mol. The summed E-state index contributed by atoms with van der Waals surface area (Å²) in [6.07, 6.45) is 4.20. The molecular formula is C18H25Cl2NO3. The van der Waals surface area contributed by atoms with E-state index in [1.165, 1.54) is 7.11 Å². The van der Waals surface area contributed by atoms with Crippen LogP contribution >= 0.6 is 23.2 Å². The first-order valence-corrected chi connectivity index (χ1v) is 8.98. The molecule has 1 unspecified atom stereocenters. The highest BCUT2D eigenvalue weighted by atomic mass is 35.5. The molecule has 1 rings (SSSR count). The van der Waals surface area contributed by atoms with Crippen LogP contribution in [0.2, 0.25) is 10.0 Å². The van der Waals surface area contributed by atoms with Crippen molar-refractivity contribution in [1.82, 2.24) is 4.90 Å². The lowest BCUT2D eigenvalue weighted by Crippen LogP contribution is -2.38. The second-order valence-electron chi connectivity index (χ2n) is 5.86. The Morgan fingerprint density at radius 2 is 1.88 bits per heavy atom. The van der Waals surface area contributed by atoms with Crippen molar-refractivity contribution in [2.45, 2.75) is 39.5 Å². The Hall–Kier alpha value is -1.26. The van der Waals surface area contributed by atoms with Gasteiger partial charge in [0, 0.05) is 18.7 Å². The summed E-state index contributed by atoms with van der Waals surface area (Å²) in [5.74, 6) is -0.857. The molecule has 24 heavy (non-hydrogen) atoms. The third-order valence-corrected chi connectivity index (χ3v) is 4.57. The molecule has 0 aliphatic rings. The Morgan fingerprint density at radius 3 is 2.46 bits per heavy atom. The number of nitrogens with zero attached hydrogens (tertiary/aromatic N) is 1. The first-order chi connectivity index (χ1) is 11.4. The monoisotopic (exact) mass is 373 g/mol. The lowest BCUT2D eigenvalue weighted by Gasteiger charge is -2.25. The van der Waals surface area contributed by atoms with Gasteiger partial charge in [-0.25, -0.2) is 0 Å². The van der Waals surface area contributed by atoms with E-state index in [-0.39, 0.29) is 17.8 Å². The minimum absolute atomic E-state index is 0.152. The Kier molecular flexibility index (Phi) is 9.16. The van der Waals surface area contributed by atoms with Crippen molar-refractivity contribution >= 4 is 35.1 Å². The molecule has 4 nitrogen and oxygen atoms in total. The summed E-state index contributed by atoms with van der Waals surface area (Å²) in [4.78, 5) is 26.2. The molecule has 0 bridgehead atoms. The molecule has 0 saturated carbocycles. The highest BCUT2D eigenvalue weighted by Crippen LogP contribution is 2.23. The van der Waals surface area contributed by atoms with Crippen molar-refractivity contribution in [3.63, 3.8) is 0 Å². The van der Waals surface area contributed by atoms with E-state index >= 15 is 0 Å². The van der Waals surface area contributed by atoms with E-state index in [1.807, 2.05) is 0 Å². The van der Waals surface area contributed by atoms with Crippen molar-refractivity contribution in [2.75, 3.05) is 20.2 Å². The topological polar surface area (TPSA) is 46.6 Å². The van der Waals surface area contributed by atoms with Crippen LogP contribution in [0, 0.1) is 5.92 Å². The smallest absolute Gasteiger partial charge is 0.310 e. The Morgan fingerprint density at radius 1 is 1.17 bits per heavy atom. The fraction of sp³-hybridized carbons (Fsp3) is 0.556. The number of unbranched alkanes of at least 4 members (excludes halogenated alkanes) is 3. The number of carbonyl (C=O) groups is 2. The third kappa shape index (κ3) is 6.33. The number of esters is 1. The van der Waals surface area contributed by atoms with Gasteiger partial charge in [0.1, 0.15) is 0 Å². The summed E-state index contributed by atoms with van der Waals surface area (Å²) >= 11 is 11.9. The number of ether oxygens (including phenoxy) is 1. The first kappa shape index (κ1) is 20.8. The molecule has 0 radical (unpaired) electrons. The lowest BCUT2D eigenvalue weighted by molar-refractivity contribution is -0.145. The number of halogens is 2. The van der Waals surface area contributed by atoms with Crippen LogP contribution in [0.1, 0.15) is 49.9 Å². The van der Waals surface area contributed by atoms with Crippen molar-refractivity contribution < 1.29 is 14.3 Å². The SMILES string of the molecule is CCCCCCN(CC(C)C(=O)OC)C(=O)c1ccc(Cl)c(Cl)c1. The van der Waals surface area contributed by atoms with Crippen LogP contribution in [0.5, 0.6) is 0 Å². The molecule has 1 aromatic carbocycles. The molecular weight excluding hydrogens is 349 g/mol. The normalized spacial score (nSPS) is 11.9. The van der Waals surface area contributed by atoms with Crippen LogP contribution in [0.4, 0.5) is 0 Å². The number of hydrogen-bond acceptors (Lipinski definition) is 3. The molecule has 0 heterocycles. The van der Waals surface area contributed by atoms with Gasteiger partial charge in [0.05, 0.1) is 23.1 Å². The van der Waals surface area contributed by atoms with Gasteiger partial charge in [-0.15, -0.1) is 0 Å². The molecule has 0 saturated heterocycles. The van der Waals surface area contributed by atoms with Crippen molar-refractivity contribution in [2.24, 2.45) is 5.92 Å². The molecule has 1 amide bonds. The molecule has 0 N–H and O–H groups in total. The molecule has 134 valence electrons. The van der Waals surface area contributed by atoms with E-state index in [0.717, 1.165) is 25.7 Å². The molecule has 0 aliphatic heterocycles. The lowest BCUT2D eigenvalue weighted by atomic mass is 10.1. The summed E-state index contributed by atoms with van der Waals surface area (Å²) < 4.78 is 4.76. The maximum Gasteiger partial charge on any atom is 0.310 e. The largest absolute Gasteiger partial charge is 0.469 e. The summed E-state index contributed by atoms with van der Waals surface area (Å²) in [7, 11) is 1.35. The van der Waals surface area contributed by atoms with Crippen molar-refractivity contribution in [1.29, 1.82) is 0 Å². The van der Waals surface area contributed by atoms with E-state index in [0.29, 0.717) is 28.7 Å². The zero-order valence-corrected chi connectivity index (χ0v) is 16.0. The summed E-state index contributed by atoms with van der Waals surface area (Å²) in [5, 5.41) is 0.750. The third-order valence-electron chi connectivity index (χ3n) is 3.83. The zero-order chi connectivity index (χ0) is 18.1.